The molecule has 0 radical (unpaired) electrons. The van der Waals surface area contributed by atoms with Gasteiger partial charge in [-0.15, -0.1) is 0 Å². The molecular weight excluding hydrogens is 488 g/mol. The van der Waals surface area contributed by atoms with Crippen molar-refractivity contribution in [3.05, 3.63) is 47.5 Å². The number of carboxylic acids is 2. The van der Waals surface area contributed by atoms with Crippen molar-refractivity contribution in [1.82, 2.24) is 9.80 Å². The lowest BCUT2D eigenvalue weighted by Gasteiger charge is -2.23. The van der Waals surface area contributed by atoms with Gasteiger partial charge in [0.1, 0.15) is 24.3 Å². The fraction of sp³-hybridized carbons (Fsp3) is 0.440. The molecule has 1 fully saturated rings. The van der Waals surface area contributed by atoms with Gasteiger partial charge >= 0.3 is 11.9 Å². The molecule has 12 nitrogen and oxygen atoms in total. The van der Waals surface area contributed by atoms with Gasteiger partial charge in [0.15, 0.2) is 23.0 Å². The van der Waals surface area contributed by atoms with Gasteiger partial charge in [0.2, 0.25) is 0 Å². The van der Waals surface area contributed by atoms with Crippen LogP contribution in [0.15, 0.2) is 36.4 Å². The van der Waals surface area contributed by atoms with Crippen molar-refractivity contribution in [3.63, 3.8) is 0 Å². The summed E-state index contributed by atoms with van der Waals surface area (Å²) < 4.78 is 22.7. The second kappa shape index (κ2) is 14.2. The van der Waals surface area contributed by atoms with Gasteiger partial charge in [-0.3, -0.25) is 9.80 Å². The molecular formula is C25H32N2O10. The maximum atomic E-state index is 11.2. The summed E-state index contributed by atoms with van der Waals surface area (Å²) in [4.78, 5) is 26.4. The number of rotatable bonds is 10. The smallest absolute Gasteiger partial charge is 0.339 e. The Morgan fingerprint density at radius 3 is 1.70 bits per heavy atom. The Labute approximate surface area is 214 Å². The van der Waals surface area contributed by atoms with E-state index in [1.165, 1.54) is 36.4 Å². The summed E-state index contributed by atoms with van der Waals surface area (Å²) in [5, 5.41) is 38.4. The van der Waals surface area contributed by atoms with Gasteiger partial charge in [0.25, 0.3) is 0 Å². The van der Waals surface area contributed by atoms with E-state index in [-0.39, 0.29) is 35.8 Å². The highest BCUT2D eigenvalue weighted by molar-refractivity contribution is 5.92. The Morgan fingerprint density at radius 2 is 1.19 bits per heavy atom. The molecule has 2 aromatic rings. The minimum atomic E-state index is -1.23. The molecule has 3 rings (SSSR count). The van der Waals surface area contributed by atoms with E-state index in [0.29, 0.717) is 59.3 Å². The Morgan fingerprint density at radius 1 is 0.730 bits per heavy atom. The number of benzene rings is 2. The molecule has 0 amide bonds. The normalized spacial score (nSPS) is 16.0. The molecule has 37 heavy (non-hydrogen) atoms. The number of para-hydroxylation sites is 2. The third kappa shape index (κ3) is 8.50. The lowest BCUT2D eigenvalue weighted by Crippen LogP contribution is -2.35. The lowest BCUT2D eigenvalue weighted by molar-refractivity contribution is 0.00853. The molecule has 1 aliphatic heterocycles. The van der Waals surface area contributed by atoms with Crippen LogP contribution < -0.4 is 9.47 Å². The first-order valence-electron chi connectivity index (χ1n) is 11.8. The van der Waals surface area contributed by atoms with E-state index in [2.05, 4.69) is 4.90 Å². The number of hydrogen-bond acceptors (Lipinski definition) is 10. The number of carbonyl (C=O) groups is 2. The van der Waals surface area contributed by atoms with Crippen molar-refractivity contribution in [1.29, 1.82) is 0 Å². The summed E-state index contributed by atoms with van der Waals surface area (Å²) in [7, 11) is 0. The van der Waals surface area contributed by atoms with E-state index in [1.807, 2.05) is 4.90 Å². The highest BCUT2D eigenvalue weighted by Gasteiger charge is 2.16. The minimum Gasteiger partial charge on any atom is -0.504 e. The van der Waals surface area contributed by atoms with E-state index in [4.69, 9.17) is 29.2 Å². The molecule has 202 valence electrons. The number of carboxylic acid groups (broad SMARTS) is 2. The van der Waals surface area contributed by atoms with Crippen LogP contribution in [0, 0.1) is 0 Å². The Kier molecular flexibility index (Phi) is 10.8. The second-order valence-electron chi connectivity index (χ2n) is 8.22. The van der Waals surface area contributed by atoms with Gasteiger partial charge in [-0.05, 0) is 24.3 Å². The molecule has 4 N–H and O–H groups in total. The maximum Gasteiger partial charge on any atom is 0.339 e. The maximum absolute atomic E-state index is 11.2. The van der Waals surface area contributed by atoms with Gasteiger partial charge in [-0.2, -0.15) is 0 Å². The van der Waals surface area contributed by atoms with Gasteiger partial charge in [-0.1, -0.05) is 12.1 Å². The second-order valence-corrected chi connectivity index (χ2v) is 8.22. The van der Waals surface area contributed by atoms with Crippen LogP contribution in [-0.2, 0) is 9.47 Å². The van der Waals surface area contributed by atoms with Crippen LogP contribution in [0.4, 0.5) is 0 Å². The topological polar surface area (TPSA) is 158 Å². The number of aromatic carboxylic acids is 2. The summed E-state index contributed by atoms with van der Waals surface area (Å²) in [6.45, 7) is 5.12. The molecule has 1 saturated heterocycles. The fourth-order valence-corrected chi connectivity index (χ4v) is 3.65. The van der Waals surface area contributed by atoms with Crippen molar-refractivity contribution in [2.24, 2.45) is 0 Å². The molecule has 0 aliphatic carbocycles. The molecule has 0 bridgehead atoms. The Hall–Kier alpha value is -3.58. The van der Waals surface area contributed by atoms with E-state index < -0.39 is 23.4 Å². The third-order valence-electron chi connectivity index (χ3n) is 5.72. The van der Waals surface area contributed by atoms with E-state index >= 15 is 0 Å². The van der Waals surface area contributed by atoms with E-state index in [1.54, 1.807) is 0 Å². The van der Waals surface area contributed by atoms with Crippen molar-refractivity contribution in [2.45, 2.75) is 0 Å². The van der Waals surface area contributed by atoms with E-state index in [9.17, 15) is 19.8 Å². The lowest BCUT2D eigenvalue weighted by atomic mass is 10.2. The third-order valence-corrected chi connectivity index (χ3v) is 5.72. The first-order valence-corrected chi connectivity index (χ1v) is 11.8. The zero-order chi connectivity index (χ0) is 26.6. The van der Waals surface area contributed by atoms with Crippen LogP contribution in [0.1, 0.15) is 20.7 Å². The number of ether oxygens (including phenoxy) is 4. The minimum absolute atomic E-state index is 0.107. The quantitative estimate of drug-likeness (QED) is 0.359. The summed E-state index contributed by atoms with van der Waals surface area (Å²) >= 11 is 0. The van der Waals surface area contributed by atoms with Gasteiger partial charge < -0.3 is 39.4 Å². The van der Waals surface area contributed by atoms with Crippen molar-refractivity contribution >= 4 is 11.9 Å². The highest BCUT2D eigenvalue weighted by Crippen LogP contribution is 2.30. The average molecular weight is 521 g/mol. The van der Waals surface area contributed by atoms with Crippen LogP contribution in [0.3, 0.4) is 0 Å². The van der Waals surface area contributed by atoms with Crippen molar-refractivity contribution < 1.29 is 49.0 Å². The monoisotopic (exact) mass is 520 g/mol. The molecule has 0 spiro atoms. The van der Waals surface area contributed by atoms with Gasteiger partial charge in [0.05, 0.1) is 26.6 Å². The van der Waals surface area contributed by atoms with Crippen LogP contribution in [0.2, 0.25) is 0 Å². The fourth-order valence-electron chi connectivity index (χ4n) is 3.65. The molecule has 0 aromatic heterocycles. The molecule has 12 heteroatoms. The van der Waals surface area contributed by atoms with Crippen LogP contribution in [-0.4, -0.2) is 115 Å². The van der Waals surface area contributed by atoms with Crippen molar-refractivity contribution in [2.75, 3.05) is 72.5 Å². The molecule has 0 unspecified atom stereocenters. The summed E-state index contributed by atoms with van der Waals surface area (Å²) in [6, 6.07) is 8.67. The first kappa shape index (κ1) is 28.0. The van der Waals surface area contributed by atoms with E-state index in [0.717, 1.165) is 0 Å². The largest absolute Gasteiger partial charge is 0.504 e. The SMILES string of the molecule is O=C(O)c1cccc(OCCN2CCOCCN(CCOc3cccc(C(=O)O)c3O)COCC2)c1O. The summed E-state index contributed by atoms with van der Waals surface area (Å²) in [6.07, 6.45) is 0. The predicted molar refractivity (Wildman–Crippen MR) is 131 cm³/mol. The van der Waals surface area contributed by atoms with Crippen LogP contribution in [0.25, 0.3) is 0 Å². The molecule has 1 aliphatic rings. The van der Waals surface area contributed by atoms with Gasteiger partial charge in [-0.25, -0.2) is 9.59 Å². The van der Waals surface area contributed by atoms with Crippen molar-refractivity contribution in [3.8, 4) is 23.0 Å². The molecule has 2 aromatic carbocycles. The van der Waals surface area contributed by atoms with Gasteiger partial charge in [0, 0.05) is 32.7 Å². The molecule has 0 saturated carbocycles. The molecule has 1 heterocycles. The number of phenols is 2. The highest BCUT2D eigenvalue weighted by atomic mass is 16.5. The van der Waals surface area contributed by atoms with Crippen LogP contribution in [0.5, 0.6) is 23.0 Å². The summed E-state index contributed by atoms with van der Waals surface area (Å²) in [5.74, 6) is -3.03. The Bertz CT molecular complexity index is 967. The zero-order valence-corrected chi connectivity index (χ0v) is 20.4. The average Bonchev–Trinajstić information content (AvgIpc) is 2.91. The van der Waals surface area contributed by atoms with Crippen LogP contribution >= 0.6 is 0 Å². The number of nitrogens with zero attached hydrogens (tertiary/aromatic N) is 2. The molecule has 0 atom stereocenters. The first-order chi connectivity index (χ1) is 17.9. The number of hydrogen-bond donors (Lipinski definition) is 4. The zero-order valence-electron chi connectivity index (χ0n) is 20.4. The standard InChI is InChI=1S/C25H32N2O10/c28-22-18(24(30)31)3-1-5-20(22)36-15-10-26-7-12-34-13-9-27(17-35-14-8-26)11-16-37-21-6-2-4-19(23(21)29)25(32)33/h1-6,28-29H,7-17H2,(H,30,31)(H,32,33). The summed E-state index contributed by atoms with van der Waals surface area (Å²) in [5.41, 5.74) is -0.430. The predicted octanol–water partition coefficient (Wildman–Crippen LogP) is 1.56. The Balaban J connectivity index is 1.42. The number of aromatic hydroxyl groups is 2.